The Hall–Kier alpha value is -2.31. The van der Waals surface area contributed by atoms with Gasteiger partial charge in [-0.25, -0.2) is 9.67 Å². The minimum atomic E-state index is 0.0273. The van der Waals surface area contributed by atoms with E-state index in [-0.39, 0.29) is 5.91 Å². The Morgan fingerprint density at radius 1 is 1.12 bits per heavy atom. The Morgan fingerprint density at radius 2 is 1.88 bits per heavy atom. The fraction of sp³-hybridized carbons (Fsp3) is 0.211. The van der Waals surface area contributed by atoms with Gasteiger partial charge in [0, 0.05) is 17.3 Å². The van der Waals surface area contributed by atoms with E-state index in [1.807, 2.05) is 48.5 Å². The summed E-state index contributed by atoms with van der Waals surface area (Å²) in [7, 11) is 0. The monoisotopic (exact) mass is 386 g/mol. The van der Waals surface area contributed by atoms with E-state index in [4.69, 9.17) is 11.6 Å². The molecule has 0 fully saturated rings. The van der Waals surface area contributed by atoms with E-state index in [1.54, 1.807) is 22.8 Å². The second-order valence-corrected chi connectivity index (χ2v) is 7.18. The van der Waals surface area contributed by atoms with E-state index < -0.39 is 0 Å². The van der Waals surface area contributed by atoms with Crippen LogP contribution < -0.4 is 5.32 Å². The number of halogens is 1. The molecule has 1 heterocycles. The molecule has 0 bridgehead atoms. The molecule has 5 nitrogen and oxygen atoms in total. The number of carbonyl (C=O) groups is 1. The van der Waals surface area contributed by atoms with Gasteiger partial charge in [-0.05, 0) is 28.8 Å². The van der Waals surface area contributed by atoms with Crippen LogP contribution in [0.1, 0.15) is 16.7 Å². The number of thioether (sulfide) groups is 1. The largest absolute Gasteiger partial charge is 0.351 e. The fourth-order valence-corrected chi connectivity index (χ4v) is 3.40. The first kappa shape index (κ1) is 18.5. The van der Waals surface area contributed by atoms with Crippen LogP contribution in [0.5, 0.6) is 0 Å². The first-order valence-corrected chi connectivity index (χ1v) is 9.72. The molecule has 26 heavy (non-hydrogen) atoms. The van der Waals surface area contributed by atoms with Crippen LogP contribution in [0.4, 0.5) is 0 Å². The molecule has 1 aromatic heterocycles. The summed E-state index contributed by atoms with van der Waals surface area (Å²) < 4.78 is 1.77. The lowest BCUT2D eigenvalue weighted by atomic mass is 10.1. The molecule has 0 atom stereocenters. The Kier molecular flexibility index (Phi) is 6.68. The predicted molar refractivity (Wildman–Crippen MR) is 105 cm³/mol. The zero-order valence-electron chi connectivity index (χ0n) is 14.1. The third-order valence-corrected chi connectivity index (χ3v) is 5.06. The Bertz CT molecular complexity index is 837. The molecule has 134 valence electrons. The van der Waals surface area contributed by atoms with Gasteiger partial charge in [0.15, 0.2) is 0 Å². The van der Waals surface area contributed by atoms with Crippen molar-refractivity contribution in [2.45, 2.75) is 18.8 Å². The third kappa shape index (κ3) is 5.61. The molecule has 0 radical (unpaired) electrons. The SMILES string of the molecule is O=C(CSCc1ccc(Cl)cc1)NCc1ccccc1Cn1cncn1. The number of nitrogens with zero attached hydrogens (tertiary/aromatic N) is 3. The van der Waals surface area contributed by atoms with Gasteiger partial charge in [-0.3, -0.25) is 4.79 Å². The summed E-state index contributed by atoms with van der Waals surface area (Å²) in [6, 6.07) is 15.7. The molecule has 2 aromatic carbocycles. The Labute approximate surface area is 161 Å². The molecule has 3 aromatic rings. The van der Waals surface area contributed by atoms with Crippen LogP contribution >= 0.6 is 23.4 Å². The highest BCUT2D eigenvalue weighted by atomic mass is 35.5. The van der Waals surface area contributed by atoms with E-state index in [2.05, 4.69) is 15.4 Å². The number of nitrogens with one attached hydrogen (secondary N) is 1. The lowest BCUT2D eigenvalue weighted by Crippen LogP contribution is -2.25. The van der Waals surface area contributed by atoms with Crippen molar-refractivity contribution < 1.29 is 4.79 Å². The van der Waals surface area contributed by atoms with Crippen molar-refractivity contribution in [3.8, 4) is 0 Å². The topological polar surface area (TPSA) is 59.8 Å². The van der Waals surface area contributed by atoms with Crippen molar-refractivity contribution in [3.63, 3.8) is 0 Å². The second kappa shape index (κ2) is 9.40. The summed E-state index contributed by atoms with van der Waals surface area (Å²) in [6.45, 7) is 1.14. The zero-order chi connectivity index (χ0) is 18.2. The molecule has 0 aliphatic carbocycles. The van der Waals surface area contributed by atoms with Crippen molar-refractivity contribution in [1.29, 1.82) is 0 Å². The smallest absolute Gasteiger partial charge is 0.230 e. The number of rotatable bonds is 8. The van der Waals surface area contributed by atoms with Crippen molar-refractivity contribution in [1.82, 2.24) is 20.1 Å². The van der Waals surface area contributed by atoms with Crippen LogP contribution in [0.3, 0.4) is 0 Å². The summed E-state index contributed by atoms with van der Waals surface area (Å²) in [5.41, 5.74) is 3.36. The van der Waals surface area contributed by atoms with Gasteiger partial charge in [-0.1, -0.05) is 48.0 Å². The van der Waals surface area contributed by atoms with E-state index in [0.717, 1.165) is 27.5 Å². The molecule has 3 rings (SSSR count). The molecule has 0 spiro atoms. The van der Waals surface area contributed by atoms with E-state index in [9.17, 15) is 4.79 Å². The van der Waals surface area contributed by atoms with Gasteiger partial charge in [0.2, 0.25) is 5.91 Å². The van der Waals surface area contributed by atoms with Crippen molar-refractivity contribution in [2.75, 3.05) is 5.75 Å². The van der Waals surface area contributed by atoms with Gasteiger partial charge in [-0.15, -0.1) is 11.8 Å². The highest BCUT2D eigenvalue weighted by Crippen LogP contribution is 2.15. The van der Waals surface area contributed by atoms with Crippen molar-refractivity contribution in [3.05, 3.63) is 82.9 Å². The molecule has 0 unspecified atom stereocenters. The van der Waals surface area contributed by atoms with E-state index in [0.29, 0.717) is 18.8 Å². The zero-order valence-corrected chi connectivity index (χ0v) is 15.7. The van der Waals surface area contributed by atoms with E-state index >= 15 is 0 Å². The number of hydrogen-bond acceptors (Lipinski definition) is 4. The maximum absolute atomic E-state index is 12.1. The number of amides is 1. The predicted octanol–water partition coefficient (Wildman–Crippen LogP) is 3.53. The van der Waals surface area contributed by atoms with Crippen molar-refractivity contribution >= 4 is 29.3 Å². The fourth-order valence-electron chi connectivity index (χ4n) is 2.46. The number of hydrogen-bond donors (Lipinski definition) is 1. The van der Waals surface area contributed by atoms with E-state index in [1.165, 1.54) is 6.33 Å². The Balaban J connectivity index is 1.46. The van der Waals surface area contributed by atoms with Gasteiger partial charge >= 0.3 is 0 Å². The normalized spacial score (nSPS) is 10.7. The van der Waals surface area contributed by atoms with Crippen molar-refractivity contribution in [2.24, 2.45) is 0 Å². The lowest BCUT2D eigenvalue weighted by Gasteiger charge is -2.11. The average Bonchev–Trinajstić information content (AvgIpc) is 3.16. The first-order valence-electron chi connectivity index (χ1n) is 8.19. The summed E-state index contributed by atoms with van der Waals surface area (Å²) in [6.07, 6.45) is 3.20. The molecule has 1 N–H and O–H groups in total. The summed E-state index contributed by atoms with van der Waals surface area (Å²) in [5, 5.41) is 7.84. The summed E-state index contributed by atoms with van der Waals surface area (Å²) in [4.78, 5) is 16.1. The highest BCUT2D eigenvalue weighted by Gasteiger charge is 2.06. The molecule has 0 saturated carbocycles. The van der Waals surface area contributed by atoms with Crippen LogP contribution in [0.15, 0.2) is 61.2 Å². The number of carbonyl (C=O) groups excluding carboxylic acids is 1. The lowest BCUT2D eigenvalue weighted by molar-refractivity contribution is -0.118. The van der Waals surface area contributed by atoms with Crippen LogP contribution in [-0.4, -0.2) is 26.4 Å². The van der Waals surface area contributed by atoms with Gasteiger partial charge in [-0.2, -0.15) is 5.10 Å². The second-order valence-electron chi connectivity index (χ2n) is 5.76. The van der Waals surface area contributed by atoms with Gasteiger partial charge in [0.25, 0.3) is 0 Å². The standard InChI is InChI=1S/C19H19ClN4OS/c20-18-7-5-15(6-8-18)11-26-12-19(25)22-9-16-3-1-2-4-17(16)10-24-14-21-13-23-24/h1-8,13-14H,9-12H2,(H,22,25). The van der Waals surface area contributed by atoms with Crippen LogP contribution in [0.25, 0.3) is 0 Å². The molecular formula is C19H19ClN4OS. The molecular weight excluding hydrogens is 368 g/mol. The van der Waals surface area contributed by atoms with Crippen LogP contribution in [0.2, 0.25) is 5.02 Å². The average molecular weight is 387 g/mol. The minimum absolute atomic E-state index is 0.0273. The molecule has 0 aliphatic rings. The Morgan fingerprint density at radius 3 is 2.62 bits per heavy atom. The highest BCUT2D eigenvalue weighted by molar-refractivity contribution is 7.99. The van der Waals surface area contributed by atoms with Crippen LogP contribution in [0, 0.1) is 0 Å². The maximum Gasteiger partial charge on any atom is 0.230 e. The minimum Gasteiger partial charge on any atom is -0.351 e. The first-order chi connectivity index (χ1) is 12.7. The van der Waals surface area contributed by atoms with Crippen LogP contribution in [-0.2, 0) is 23.6 Å². The number of benzene rings is 2. The third-order valence-electron chi connectivity index (χ3n) is 3.81. The molecule has 7 heteroatoms. The van der Waals surface area contributed by atoms with Gasteiger partial charge < -0.3 is 5.32 Å². The van der Waals surface area contributed by atoms with Gasteiger partial charge in [0.1, 0.15) is 12.7 Å². The maximum atomic E-state index is 12.1. The van der Waals surface area contributed by atoms with Gasteiger partial charge in [0.05, 0.1) is 12.3 Å². The summed E-state index contributed by atoms with van der Waals surface area (Å²) >= 11 is 7.46. The molecule has 0 aliphatic heterocycles. The quantitative estimate of drug-likeness (QED) is 0.643. The molecule has 0 saturated heterocycles. The molecule has 1 amide bonds. The summed E-state index contributed by atoms with van der Waals surface area (Å²) in [5.74, 6) is 1.24. The number of aromatic nitrogens is 3.